The van der Waals surface area contributed by atoms with Gasteiger partial charge in [-0.2, -0.15) is 13.2 Å². The van der Waals surface area contributed by atoms with Gasteiger partial charge in [0.25, 0.3) is 0 Å². The van der Waals surface area contributed by atoms with Crippen molar-refractivity contribution < 1.29 is 23.1 Å². The molecule has 194 valence electrons. The Balaban J connectivity index is 1.24. The van der Waals surface area contributed by atoms with Crippen LogP contribution in [-0.4, -0.2) is 43.6 Å². The van der Waals surface area contributed by atoms with Crippen molar-refractivity contribution in [3.05, 3.63) is 77.9 Å². The average Bonchev–Trinajstić information content (AvgIpc) is 3.48. The van der Waals surface area contributed by atoms with Crippen molar-refractivity contribution in [1.82, 2.24) is 24.7 Å². The summed E-state index contributed by atoms with van der Waals surface area (Å²) in [5, 5.41) is 19.8. The smallest absolute Gasteiger partial charge is 0.416 e. The molecule has 0 bridgehead atoms. The molecule has 0 saturated heterocycles. The lowest BCUT2D eigenvalue weighted by molar-refractivity contribution is -0.137. The topological polar surface area (TPSA) is 116 Å². The number of hydrogen-bond donors (Lipinski definition) is 4. The van der Waals surface area contributed by atoms with Gasteiger partial charge in [0.05, 0.1) is 17.0 Å². The number of aromatic hydroxyl groups is 1. The molecular formula is C25H20F3N7O2S. The first kappa shape index (κ1) is 25.0. The van der Waals surface area contributed by atoms with Crippen molar-refractivity contribution in [1.29, 1.82) is 0 Å². The van der Waals surface area contributed by atoms with Gasteiger partial charge in [0.2, 0.25) is 5.95 Å². The second-order valence-electron chi connectivity index (χ2n) is 8.07. The molecule has 2 amide bonds. The zero-order valence-electron chi connectivity index (χ0n) is 19.5. The SMILES string of the molecule is O=C(NCCNc1nccc(-c2c(-c3cccc(O)c3)nc3sccn23)n1)Nc1cccc(C(F)(F)F)c1. The minimum absolute atomic E-state index is 0.0319. The predicted molar refractivity (Wildman–Crippen MR) is 138 cm³/mol. The molecule has 13 heteroatoms. The normalized spacial score (nSPS) is 11.4. The Morgan fingerprint density at radius 2 is 1.89 bits per heavy atom. The van der Waals surface area contributed by atoms with Crippen molar-refractivity contribution in [3.63, 3.8) is 0 Å². The number of anilines is 2. The van der Waals surface area contributed by atoms with Gasteiger partial charge in [-0.05, 0) is 36.4 Å². The number of thiazole rings is 1. The Morgan fingerprint density at radius 1 is 1.05 bits per heavy atom. The molecule has 0 unspecified atom stereocenters. The lowest BCUT2D eigenvalue weighted by Gasteiger charge is -2.11. The second kappa shape index (κ2) is 10.4. The number of benzene rings is 2. The van der Waals surface area contributed by atoms with Crippen LogP contribution in [0, 0.1) is 0 Å². The molecule has 3 aromatic heterocycles. The molecule has 0 spiro atoms. The third-order valence-corrected chi connectivity index (χ3v) is 6.18. The van der Waals surface area contributed by atoms with Gasteiger partial charge in [-0.3, -0.25) is 4.40 Å². The molecule has 2 aromatic carbocycles. The van der Waals surface area contributed by atoms with E-state index < -0.39 is 17.8 Å². The largest absolute Gasteiger partial charge is 0.508 e. The van der Waals surface area contributed by atoms with Crippen LogP contribution in [0.2, 0.25) is 0 Å². The molecule has 0 saturated carbocycles. The van der Waals surface area contributed by atoms with Gasteiger partial charge in [0.15, 0.2) is 4.96 Å². The van der Waals surface area contributed by atoms with Gasteiger partial charge in [-0.25, -0.2) is 19.7 Å². The minimum Gasteiger partial charge on any atom is -0.508 e. The fourth-order valence-electron chi connectivity index (χ4n) is 3.76. The molecule has 9 nitrogen and oxygen atoms in total. The van der Waals surface area contributed by atoms with E-state index in [0.717, 1.165) is 28.4 Å². The zero-order valence-corrected chi connectivity index (χ0v) is 20.3. The van der Waals surface area contributed by atoms with E-state index in [1.165, 1.54) is 23.5 Å². The Labute approximate surface area is 218 Å². The van der Waals surface area contributed by atoms with Gasteiger partial charge in [-0.1, -0.05) is 18.2 Å². The molecule has 5 aromatic rings. The number of aromatic nitrogens is 4. The molecule has 0 radical (unpaired) electrons. The molecule has 38 heavy (non-hydrogen) atoms. The first-order valence-electron chi connectivity index (χ1n) is 11.3. The van der Waals surface area contributed by atoms with Crippen LogP contribution >= 0.6 is 11.3 Å². The lowest BCUT2D eigenvalue weighted by atomic mass is 10.1. The fraction of sp³-hybridized carbons (Fsp3) is 0.120. The average molecular weight is 540 g/mol. The maximum atomic E-state index is 12.9. The number of urea groups is 1. The molecule has 0 atom stereocenters. The highest BCUT2D eigenvalue weighted by Gasteiger charge is 2.30. The van der Waals surface area contributed by atoms with E-state index in [0.29, 0.717) is 17.3 Å². The van der Waals surface area contributed by atoms with Crippen LogP contribution < -0.4 is 16.0 Å². The Kier molecular flexibility index (Phi) is 6.83. The van der Waals surface area contributed by atoms with E-state index in [1.54, 1.807) is 30.5 Å². The van der Waals surface area contributed by atoms with Crippen molar-refractivity contribution in [2.24, 2.45) is 0 Å². The maximum Gasteiger partial charge on any atom is 0.416 e. The summed E-state index contributed by atoms with van der Waals surface area (Å²) < 4.78 is 40.5. The number of phenols is 1. The molecule has 0 fully saturated rings. The summed E-state index contributed by atoms with van der Waals surface area (Å²) in [4.78, 5) is 26.4. The van der Waals surface area contributed by atoms with Crippen LogP contribution in [0.15, 0.2) is 72.4 Å². The molecule has 5 rings (SSSR count). The van der Waals surface area contributed by atoms with Gasteiger partial charge in [-0.15, -0.1) is 11.3 Å². The highest BCUT2D eigenvalue weighted by atomic mass is 32.1. The van der Waals surface area contributed by atoms with Crippen molar-refractivity contribution in [2.45, 2.75) is 6.18 Å². The number of phenolic OH excluding ortho intramolecular Hbond substituents is 1. The number of nitrogens with one attached hydrogen (secondary N) is 3. The van der Waals surface area contributed by atoms with Crippen LogP contribution in [0.3, 0.4) is 0 Å². The first-order valence-corrected chi connectivity index (χ1v) is 12.2. The van der Waals surface area contributed by atoms with Gasteiger partial charge in [0, 0.05) is 42.1 Å². The van der Waals surface area contributed by atoms with Crippen molar-refractivity contribution in [2.75, 3.05) is 23.7 Å². The Morgan fingerprint density at radius 3 is 2.71 bits per heavy atom. The lowest BCUT2D eigenvalue weighted by Crippen LogP contribution is -2.32. The fourth-order valence-corrected chi connectivity index (χ4v) is 4.47. The van der Waals surface area contributed by atoms with Gasteiger partial charge in [0.1, 0.15) is 11.4 Å². The number of carbonyl (C=O) groups excluding carboxylic acids is 1. The third kappa shape index (κ3) is 5.52. The number of halogens is 3. The molecule has 0 aliphatic rings. The summed E-state index contributed by atoms with van der Waals surface area (Å²) in [5.74, 6) is 0.439. The summed E-state index contributed by atoms with van der Waals surface area (Å²) in [6, 6.07) is 12.3. The third-order valence-electron chi connectivity index (χ3n) is 5.42. The van der Waals surface area contributed by atoms with Crippen molar-refractivity contribution in [3.8, 4) is 28.4 Å². The number of carbonyl (C=O) groups is 1. The van der Waals surface area contributed by atoms with Crippen LogP contribution in [-0.2, 0) is 6.18 Å². The molecular weight excluding hydrogens is 519 g/mol. The van der Waals surface area contributed by atoms with Crippen LogP contribution in [0.1, 0.15) is 5.56 Å². The summed E-state index contributed by atoms with van der Waals surface area (Å²) in [5.41, 5.74) is 1.91. The molecule has 0 aliphatic carbocycles. The summed E-state index contributed by atoms with van der Waals surface area (Å²) >= 11 is 1.47. The first-order chi connectivity index (χ1) is 18.3. The maximum absolute atomic E-state index is 12.9. The molecule has 3 heterocycles. The number of amides is 2. The quantitative estimate of drug-likeness (QED) is 0.204. The van der Waals surface area contributed by atoms with Crippen molar-refractivity contribution >= 4 is 34.0 Å². The van der Waals surface area contributed by atoms with E-state index in [9.17, 15) is 23.1 Å². The minimum atomic E-state index is -4.50. The van der Waals surface area contributed by atoms with Gasteiger partial charge >= 0.3 is 12.2 Å². The van der Waals surface area contributed by atoms with E-state index in [2.05, 4.69) is 25.9 Å². The van der Waals surface area contributed by atoms with E-state index >= 15 is 0 Å². The summed E-state index contributed by atoms with van der Waals surface area (Å²) in [7, 11) is 0. The number of fused-ring (bicyclic) bond motifs is 1. The number of alkyl halides is 3. The predicted octanol–water partition coefficient (Wildman–Crippen LogP) is 5.48. The number of hydrogen-bond acceptors (Lipinski definition) is 7. The summed E-state index contributed by atoms with van der Waals surface area (Å²) in [6.45, 7) is 0.424. The molecule has 0 aliphatic heterocycles. The Hall–Kier alpha value is -4.65. The standard InChI is InChI=1S/C25H20F3N7O2S/c26-25(27,28)16-4-2-5-17(14-16)32-23(37)31-10-9-30-22-29-8-7-19(33-22)21-20(15-3-1-6-18(36)13-15)34-24-35(21)11-12-38-24/h1-8,11-14,36H,9-10H2,(H,29,30,33)(H2,31,32,37). The number of rotatable bonds is 7. The summed E-state index contributed by atoms with van der Waals surface area (Å²) in [6.07, 6.45) is -1.02. The highest BCUT2D eigenvalue weighted by molar-refractivity contribution is 7.15. The molecule has 4 N–H and O–H groups in total. The van der Waals surface area contributed by atoms with E-state index in [1.807, 2.05) is 22.0 Å². The number of imidazole rings is 1. The zero-order chi connectivity index (χ0) is 26.7. The van der Waals surface area contributed by atoms with Crippen LogP contribution in [0.5, 0.6) is 5.75 Å². The Bertz CT molecular complexity index is 1600. The van der Waals surface area contributed by atoms with E-state index in [4.69, 9.17) is 4.98 Å². The monoisotopic (exact) mass is 539 g/mol. The van der Waals surface area contributed by atoms with Crippen LogP contribution in [0.25, 0.3) is 27.6 Å². The second-order valence-corrected chi connectivity index (χ2v) is 8.94. The highest BCUT2D eigenvalue weighted by Crippen LogP contribution is 2.35. The van der Waals surface area contributed by atoms with Crippen LogP contribution in [0.4, 0.5) is 29.6 Å². The van der Waals surface area contributed by atoms with E-state index in [-0.39, 0.29) is 24.5 Å². The van der Waals surface area contributed by atoms with Gasteiger partial charge < -0.3 is 21.1 Å². The number of nitrogens with zero attached hydrogens (tertiary/aromatic N) is 4.